The molecular weight excluding hydrogens is 414 g/mol. The van der Waals surface area contributed by atoms with Gasteiger partial charge in [-0.2, -0.15) is 4.31 Å². The number of sulfonamides is 1. The molecule has 1 fully saturated rings. The third-order valence-electron chi connectivity index (χ3n) is 5.09. The lowest BCUT2D eigenvalue weighted by Gasteiger charge is -2.27. The van der Waals surface area contributed by atoms with Crippen LogP contribution in [0.3, 0.4) is 0 Å². The third-order valence-corrected chi connectivity index (χ3v) is 7.07. The van der Waals surface area contributed by atoms with Crippen LogP contribution in [0.25, 0.3) is 0 Å². The number of carbonyl (C=O) groups is 1. The van der Waals surface area contributed by atoms with Crippen LogP contribution in [-0.4, -0.2) is 44.9 Å². The number of nitrogens with zero attached hydrogens (tertiary/aromatic N) is 1. The smallest absolute Gasteiger partial charge is 0.251 e. The summed E-state index contributed by atoms with van der Waals surface area (Å²) in [5.41, 5.74) is 1.19. The first-order valence-corrected chi connectivity index (χ1v) is 11.1. The van der Waals surface area contributed by atoms with Crippen LogP contribution in [0.1, 0.15) is 41.4 Å². The van der Waals surface area contributed by atoms with Crippen LogP contribution in [0, 0.1) is 11.6 Å². The molecule has 162 valence electrons. The molecule has 1 amide bonds. The molecule has 0 aliphatic carbocycles. The Balaban J connectivity index is 1.86. The van der Waals surface area contributed by atoms with Gasteiger partial charge in [0.15, 0.2) is 11.6 Å². The molecule has 1 heterocycles. The number of morpholine rings is 1. The number of nitrogens with one attached hydrogen (secondary N) is 1. The standard InChI is InChI=1S/C21H24F2N2O4S/c1-3-15-4-5-17(13-20(15)30(27,28)25-8-10-29-11-9-25)21(26)24-14(2)16-6-7-18(22)19(23)12-16/h4-7,12-14H,3,8-11H2,1-2H3,(H,24,26). The average molecular weight is 438 g/mol. The number of rotatable bonds is 6. The van der Waals surface area contributed by atoms with Crippen LogP contribution >= 0.6 is 0 Å². The highest BCUT2D eigenvalue weighted by Crippen LogP contribution is 2.24. The second-order valence-corrected chi connectivity index (χ2v) is 8.97. The number of ether oxygens (including phenoxy) is 1. The summed E-state index contributed by atoms with van der Waals surface area (Å²) in [5.74, 6) is -2.47. The molecule has 0 saturated carbocycles. The summed E-state index contributed by atoms with van der Waals surface area (Å²) < 4.78 is 59.4. The number of halogens is 2. The van der Waals surface area contributed by atoms with Crippen LogP contribution in [0.15, 0.2) is 41.3 Å². The minimum Gasteiger partial charge on any atom is -0.379 e. The molecule has 6 nitrogen and oxygen atoms in total. The zero-order chi connectivity index (χ0) is 21.9. The Morgan fingerprint density at radius 2 is 1.83 bits per heavy atom. The second-order valence-electron chi connectivity index (χ2n) is 7.06. The van der Waals surface area contributed by atoms with Crippen molar-refractivity contribution in [1.82, 2.24) is 9.62 Å². The van der Waals surface area contributed by atoms with E-state index in [1.165, 1.54) is 16.4 Å². The van der Waals surface area contributed by atoms with Crippen LogP contribution in [0.2, 0.25) is 0 Å². The lowest BCUT2D eigenvalue weighted by atomic mass is 10.1. The van der Waals surface area contributed by atoms with Crippen molar-refractivity contribution in [2.24, 2.45) is 0 Å². The fourth-order valence-electron chi connectivity index (χ4n) is 3.30. The number of aryl methyl sites for hydroxylation is 1. The van der Waals surface area contributed by atoms with E-state index in [0.717, 1.165) is 12.1 Å². The normalized spacial score (nSPS) is 16.3. The van der Waals surface area contributed by atoms with Crippen molar-refractivity contribution in [2.45, 2.75) is 31.2 Å². The summed E-state index contributed by atoms with van der Waals surface area (Å²) in [7, 11) is -3.77. The van der Waals surface area contributed by atoms with Gasteiger partial charge in [0.05, 0.1) is 24.2 Å². The highest BCUT2D eigenvalue weighted by Gasteiger charge is 2.29. The minimum atomic E-state index is -3.77. The molecule has 30 heavy (non-hydrogen) atoms. The zero-order valence-electron chi connectivity index (χ0n) is 16.8. The maximum absolute atomic E-state index is 13.5. The molecule has 0 aromatic heterocycles. The van der Waals surface area contributed by atoms with Crippen molar-refractivity contribution in [2.75, 3.05) is 26.3 Å². The average Bonchev–Trinajstić information content (AvgIpc) is 2.75. The number of hydrogen-bond donors (Lipinski definition) is 1. The summed E-state index contributed by atoms with van der Waals surface area (Å²) in [6.45, 7) is 4.65. The molecule has 0 bridgehead atoms. The summed E-state index contributed by atoms with van der Waals surface area (Å²) in [4.78, 5) is 12.8. The van der Waals surface area contributed by atoms with Gasteiger partial charge in [-0.15, -0.1) is 0 Å². The van der Waals surface area contributed by atoms with Crippen LogP contribution in [-0.2, 0) is 21.2 Å². The van der Waals surface area contributed by atoms with Crippen molar-refractivity contribution in [3.8, 4) is 0 Å². The van der Waals surface area contributed by atoms with Gasteiger partial charge in [-0.1, -0.05) is 19.1 Å². The lowest BCUT2D eigenvalue weighted by molar-refractivity contribution is 0.0730. The molecule has 1 aliphatic heterocycles. The number of carbonyl (C=O) groups excluding carboxylic acids is 1. The number of hydrogen-bond acceptors (Lipinski definition) is 4. The van der Waals surface area contributed by atoms with Crippen molar-refractivity contribution in [1.29, 1.82) is 0 Å². The molecular formula is C21H24F2N2O4S. The molecule has 1 atom stereocenters. The SMILES string of the molecule is CCc1ccc(C(=O)NC(C)c2ccc(F)c(F)c2)cc1S(=O)(=O)N1CCOCC1. The van der Waals surface area contributed by atoms with Crippen LogP contribution < -0.4 is 5.32 Å². The topological polar surface area (TPSA) is 75.7 Å². The Hall–Kier alpha value is -2.36. The van der Waals surface area contributed by atoms with Crippen molar-refractivity contribution >= 4 is 15.9 Å². The van der Waals surface area contributed by atoms with E-state index >= 15 is 0 Å². The van der Waals surface area contributed by atoms with E-state index in [1.54, 1.807) is 19.1 Å². The van der Waals surface area contributed by atoms with Gasteiger partial charge in [0.25, 0.3) is 5.91 Å². The van der Waals surface area contributed by atoms with E-state index in [1.807, 2.05) is 6.92 Å². The van der Waals surface area contributed by atoms with E-state index < -0.39 is 33.6 Å². The van der Waals surface area contributed by atoms with Gasteiger partial charge < -0.3 is 10.1 Å². The first kappa shape index (κ1) is 22.3. The fraction of sp³-hybridized carbons (Fsp3) is 0.381. The molecule has 1 N–H and O–H groups in total. The van der Waals surface area contributed by atoms with Crippen molar-refractivity contribution < 1.29 is 26.7 Å². The minimum absolute atomic E-state index is 0.0972. The molecule has 3 rings (SSSR count). The number of amides is 1. The first-order chi connectivity index (χ1) is 14.2. The summed E-state index contributed by atoms with van der Waals surface area (Å²) in [6, 6.07) is 7.37. The zero-order valence-corrected chi connectivity index (χ0v) is 17.6. The van der Waals surface area contributed by atoms with Gasteiger partial charge in [-0.05, 0) is 48.7 Å². The molecule has 0 radical (unpaired) electrons. The summed E-state index contributed by atoms with van der Waals surface area (Å²) in [6.07, 6.45) is 0.492. The Kier molecular flexibility index (Phi) is 6.84. The van der Waals surface area contributed by atoms with Crippen molar-refractivity contribution in [3.05, 3.63) is 64.7 Å². The molecule has 1 saturated heterocycles. The van der Waals surface area contributed by atoms with E-state index in [0.29, 0.717) is 30.8 Å². The van der Waals surface area contributed by atoms with Crippen LogP contribution in [0.4, 0.5) is 8.78 Å². The Bertz CT molecular complexity index is 1040. The maximum atomic E-state index is 13.5. The quantitative estimate of drug-likeness (QED) is 0.752. The monoisotopic (exact) mass is 438 g/mol. The molecule has 2 aromatic carbocycles. The maximum Gasteiger partial charge on any atom is 0.251 e. The van der Waals surface area contributed by atoms with Crippen molar-refractivity contribution in [3.63, 3.8) is 0 Å². The van der Waals surface area contributed by atoms with Gasteiger partial charge in [0.2, 0.25) is 10.0 Å². The lowest BCUT2D eigenvalue weighted by Crippen LogP contribution is -2.41. The van der Waals surface area contributed by atoms with E-state index in [9.17, 15) is 22.0 Å². The second kappa shape index (κ2) is 9.20. The largest absolute Gasteiger partial charge is 0.379 e. The predicted molar refractivity (Wildman–Crippen MR) is 108 cm³/mol. The first-order valence-electron chi connectivity index (χ1n) is 9.70. The van der Waals surface area contributed by atoms with Gasteiger partial charge >= 0.3 is 0 Å². The van der Waals surface area contributed by atoms with E-state index in [4.69, 9.17) is 4.74 Å². The molecule has 1 unspecified atom stereocenters. The summed E-state index contributed by atoms with van der Waals surface area (Å²) in [5, 5.41) is 2.70. The number of benzene rings is 2. The van der Waals surface area contributed by atoms with Crippen LogP contribution in [0.5, 0.6) is 0 Å². The molecule has 0 spiro atoms. The Morgan fingerprint density at radius 1 is 1.13 bits per heavy atom. The highest BCUT2D eigenvalue weighted by molar-refractivity contribution is 7.89. The predicted octanol–water partition coefficient (Wildman–Crippen LogP) is 3.04. The van der Waals surface area contributed by atoms with Gasteiger partial charge in [-0.3, -0.25) is 4.79 Å². The molecule has 2 aromatic rings. The highest BCUT2D eigenvalue weighted by atomic mass is 32.2. The Labute approximate surface area is 174 Å². The summed E-state index contributed by atoms with van der Waals surface area (Å²) >= 11 is 0. The van der Waals surface area contributed by atoms with Gasteiger partial charge in [0.1, 0.15) is 0 Å². The Morgan fingerprint density at radius 3 is 2.47 bits per heavy atom. The van der Waals surface area contributed by atoms with E-state index in [-0.39, 0.29) is 23.5 Å². The fourth-order valence-corrected chi connectivity index (χ4v) is 5.03. The van der Waals surface area contributed by atoms with E-state index in [2.05, 4.69) is 5.32 Å². The van der Waals surface area contributed by atoms with Gasteiger partial charge in [-0.25, -0.2) is 17.2 Å². The van der Waals surface area contributed by atoms with Gasteiger partial charge in [0, 0.05) is 18.7 Å². The molecule has 9 heteroatoms. The third kappa shape index (κ3) is 4.69. The molecule has 1 aliphatic rings.